The highest BCUT2D eigenvalue weighted by Crippen LogP contribution is 2.27. The molecule has 1 aliphatic rings. The number of benzene rings is 2. The number of rotatable bonds is 5. The van der Waals surface area contributed by atoms with Crippen LogP contribution in [0.25, 0.3) is 5.69 Å². The number of aromatic nitrogens is 3. The van der Waals surface area contributed by atoms with E-state index in [0.717, 1.165) is 6.07 Å². The van der Waals surface area contributed by atoms with E-state index in [9.17, 15) is 24.1 Å². The molecule has 0 spiro atoms. The molecule has 1 N–H and O–H groups in total. The van der Waals surface area contributed by atoms with Crippen molar-refractivity contribution in [2.24, 2.45) is 0 Å². The van der Waals surface area contributed by atoms with E-state index in [0.29, 0.717) is 30.8 Å². The van der Waals surface area contributed by atoms with Crippen molar-refractivity contribution in [3.8, 4) is 5.69 Å². The molecule has 0 unspecified atom stereocenters. The van der Waals surface area contributed by atoms with Crippen molar-refractivity contribution in [2.45, 2.75) is 19.8 Å². The number of hydrogen-bond acceptors (Lipinski definition) is 6. The van der Waals surface area contributed by atoms with Gasteiger partial charge in [-0.05, 0) is 37.6 Å². The fraction of sp³-hybridized carbons (Fsp3) is 0.200. The van der Waals surface area contributed by atoms with Gasteiger partial charge in [0.2, 0.25) is 5.91 Å². The smallest absolute Gasteiger partial charge is 0.278 e. The van der Waals surface area contributed by atoms with Crippen LogP contribution in [-0.4, -0.2) is 38.3 Å². The topological polar surface area (TPSA) is 123 Å². The maximum atomic E-state index is 14.5. The molecular formula is C20H17FN6O4. The summed E-state index contributed by atoms with van der Waals surface area (Å²) < 4.78 is 15.8. The number of hydrogen-bond donors (Lipinski definition) is 1. The number of nitro groups is 1. The number of amides is 2. The number of halogens is 1. The van der Waals surface area contributed by atoms with Crippen molar-refractivity contribution in [3.63, 3.8) is 0 Å². The van der Waals surface area contributed by atoms with Crippen LogP contribution >= 0.6 is 0 Å². The molecule has 2 heterocycles. The number of nitrogens with one attached hydrogen (secondary N) is 1. The van der Waals surface area contributed by atoms with Crippen molar-refractivity contribution < 1.29 is 18.9 Å². The summed E-state index contributed by atoms with van der Waals surface area (Å²) in [7, 11) is 0. The Labute approximate surface area is 175 Å². The predicted octanol–water partition coefficient (Wildman–Crippen LogP) is 3.00. The summed E-state index contributed by atoms with van der Waals surface area (Å²) in [6.07, 6.45) is 1.06. The molecule has 31 heavy (non-hydrogen) atoms. The van der Waals surface area contributed by atoms with Gasteiger partial charge in [-0.3, -0.25) is 19.7 Å². The Morgan fingerprint density at radius 2 is 2.06 bits per heavy atom. The van der Waals surface area contributed by atoms with Gasteiger partial charge in [0.15, 0.2) is 5.69 Å². The minimum Gasteiger partial charge on any atom is -0.320 e. The molecule has 0 bridgehead atoms. The summed E-state index contributed by atoms with van der Waals surface area (Å²) in [6, 6.07) is 9.85. The second kappa shape index (κ2) is 7.94. The van der Waals surface area contributed by atoms with Gasteiger partial charge in [-0.25, -0.2) is 9.07 Å². The van der Waals surface area contributed by atoms with Gasteiger partial charge in [-0.2, -0.15) is 0 Å². The maximum Gasteiger partial charge on any atom is 0.278 e. The van der Waals surface area contributed by atoms with Gasteiger partial charge in [0.1, 0.15) is 5.82 Å². The normalized spacial score (nSPS) is 13.5. The Hall–Kier alpha value is -4.15. The first-order valence-electron chi connectivity index (χ1n) is 9.43. The molecule has 4 rings (SSSR count). The predicted molar refractivity (Wildman–Crippen MR) is 109 cm³/mol. The van der Waals surface area contributed by atoms with Crippen molar-refractivity contribution >= 4 is 28.9 Å². The molecule has 0 atom stereocenters. The SMILES string of the molecule is Cc1c(C(=O)Nc2ccc(N3CCCC3=O)c(F)c2)nnn1-c1cccc([N+](=O)[O-])c1. The fourth-order valence-corrected chi connectivity index (χ4v) is 3.42. The first kappa shape index (κ1) is 20.1. The molecule has 0 aliphatic carbocycles. The van der Waals surface area contributed by atoms with E-state index in [1.54, 1.807) is 13.0 Å². The van der Waals surface area contributed by atoms with E-state index >= 15 is 0 Å². The lowest BCUT2D eigenvalue weighted by Gasteiger charge is -2.17. The number of non-ortho nitro benzene ring substituents is 1. The van der Waals surface area contributed by atoms with E-state index in [1.807, 2.05) is 0 Å². The Morgan fingerprint density at radius 3 is 2.74 bits per heavy atom. The molecule has 0 radical (unpaired) electrons. The molecule has 10 nitrogen and oxygen atoms in total. The lowest BCUT2D eigenvalue weighted by Crippen LogP contribution is -2.24. The van der Waals surface area contributed by atoms with Gasteiger partial charge in [-0.15, -0.1) is 5.10 Å². The van der Waals surface area contributed by atoms with Crippen molar-refractivity contribution in [2.75, 3.05) is 16.8 Å². The summed E-state index contributed by atoms with van der Waals surface area (Å²) >= 11 is 0. The van der Waals surface area contributed by atoms with Crippen LogP contribution in [0.4, 0.5) is 21.5 Å². The molecule has 11 heteroatoms. The summed E-state index contributed by atoms with van der Waals surface area (Å²) in [6.45, 7) is 2.05. The Morgan fingerprint density at radius 1 is 1.26 bits per heavy atom. The largest absolute Gasteiger partial charge is 0.320 e. The zero-order valence-corrected chi connectivity index (χ0v) is 16.4. The van der Waals surface area contributed by atoms with Gasteiger partial charge >= 0.3 is 0 Å². The Balaban J connectivity index is 1.55. The van der Waals surface area contributed by atoms with Crippen LogP contribution in [0.2, 0.25) is 0 Å². The van der Waals surface area contributed by atoms with Crippen LogP contribution in [0.5, 0.6) is 0 Å². The number of nitrogens with zero attached hydrogens (tertiary/aromatic N) is 5. The van der Waals surface area contributed by atoms with Crippen molar-refractivity contribution in [3.05, 3.63) is 69.8 Å². The molecule has 158 valence electrons. The molecule has 1 aromatic heterocycles. The quantitative estimate of drug-likeness (QED) is 0.496. The lowest BCUT2D eigenvalue weighted by atomic mass is 10.2. The van der Waals surface area contributed by atoms with Crippen LogP contribution in [0.15, 0.2) is 42.5 Å². The van der Waals surface area contributed by atoms with E-state index in [1.165, 1.54) is 39.9 Å². The van der Waals surface area contributed by atoms with Gasteiger partial charge in [0, 0.05) is 30.8 Å². The van der Waals surface area contributed by atoms with Crippen LogP contribution < -0.4 is 10.2 Å². The number of nitro benzene ring substituents is 1. The van der Waals surface area contributed by atoms with Gasteiger partial charge in [-0.1, -0.05) is 11.3 Å². The third kappa shape index (κ3) is 3.84. The summed E-state index contributed by atoms with van der Waals surface area (Å²) in [4.78, 5) is 36.3. The highest BCUT2D eigenvalue weighted by Gasteiger charge is 2.25. The standard InChI is InChI=1S/C20H17FN6O4/c1-12-19(23-24-26(12)14-4-2-5-15(11-14)27(30)31)20(29)22-13-7-8-17(16(21)10-13)25-9-3-6-18(25)28/h2,4-5,7-8,10-11H,3,6,9H2,1H3,(H,22,29). The molecule has 0 saturated carbocycles. The fourth-order valence-electron chi connectivity index (χ4n) is 3.42. The monoisotopic (exact) mass is 424 g/mol. The van der Waals surface area contributed by atoms with Gasteiger partial charge < -0.3 is 10.2 Å². The number of carbonyl (C=O) groups excluding carboxylic acids is 2. The minimum atomic E-state index is -0.620. The van der Waals surface area contributed by atoms with E-state index in [-0.39, 0.29) is 28.7 Å². The second-order valence-corrected chi connectivity index (χ2v) is 6.98. The van der Waals surface area contributed by atoms with E-state index < -0.39 is 16.6 Å². The zero-order valence-electron chi connectivity index (χ0n) is 16.4. The van der Waals surface area contributed by atoms with Crippen LogP contribution in [0.1, 0.15) is 29.0 Å². The maximum absolute atomic E-state index is 14.5. The summed E-state index contributed by atoms with van der Waals surface area (Å²) in [5, 5.41) is 21.3. The lowest BCUT2D eigenvalue weighted by molar-refractivity contribution is -0.384. The second-order valence-electron chi connectivity index (χ2n) is 6.98. The van der Waals surface area contributed by atoms with E-state index in [4.69, 9.17) is 0 Å². The molecule has 2 aromatic carbocycles. The average molecular weight is 424 g/mol. The molecule has 1 aliphatic heterocycles. The van der Waals surface area contributed by atoms with Gasteiger partial charge in [0.05, 0.1) is 22.0 Å². The molecule has 1 saturated heterocycles. The molecule has 2 amide bonds. The van der Waals surface area contributed by atoms with Gasteiger partial charge in [0.25, 0.3) is 11.6 Å². The zero-order chi connectivity index (χ0) is 22.1. The minimum absolute atomic E-state index is 0.00860. The summed E-state index contributed by atoms with van der Waals surface area (Å²) in [5.74, 6) is -1.37. The highest BCUT2D eigenvalue weighted by atomic mass is 19.1. The molecular weight excluding hydrogens is 407 g/mol. The Bertz CT molecular complexity index is 1210. The van der Waals surface area contributed by atoms with Crippen molar-refractivity contribution in [1.82, 2.24) is 15.0 Å². The molecule has 1 fully saturated rings. The van der Waals surface area contributed by atoms with Crippen molar-refractivity contribution in [1.29, 1.82) is 0 Å². The first-order valence-corrected chi connectivity index (χ1v) is 9.43. The molecule has 3 aromatic rings. The number of carbonyl (C=O) groups is 2. The van der Waals surface area contributed by atoms with E-state index in [2.05, 4.69) is 15.6 Å². The van der Waals surface area contributed by atoms with Crippen LogP contribution in [0, 0.1) is 22.9 Å². The third-order valence-electron chi connectivity index (χ3n) is 4.96. The summed E-state index contributed by atoms with van der Waals surface area (Å²) in [5.41, 5.74) is 0.980. The van der Waals surface area contributed by atoms with Crippen LogP contribution in [-0.2, 0) is 4.79 Å². The Kier molecular flexibility index (Phi) is 5.15. The number of anilines is 2. The third-order valence-corrected chi connectivity index (χ3v) is 4.96. The first-order chi connectivity index (χ1) is 14.8. The average Bonchev–Trinajstić information content (AvgIpc) is 3.34. The highest BCUT2D eigenvalue weighted by molar-refractivity contribution is 6.04. The van der Waals surface area contributed by atoms with Crippen LogP contribution in [0.3, 0.4) is 0 Å².